The zero-order valence-electron chi connectivity index (χ0n) is 10.3. The third-order valence-corrected chi connectivity index (χ3v) is 3.85. The van der Waals surface area contributed by atoms with E-state index in [1.54, 1.807) is 6.07 Å². The Kier molecular flexibility index (Phi) is 2.79. The number of aromatic nitrogens is 1. The van der Waals surface area contributed by atoms with Crippen molar-refractivity contribution in [1.82, 2.24) is 10.3 Å². The van der Waals surface area contributed by atoms with Gasteiger partial charge in [-0.3, -0.25) is 4.98 Å². The predicted molar refractivity (Wildman–Crippen MR) is 66.7 cm³/mol. The molecule has 17 heavy (non-hydrogen) atoms. The second-order valence-electron chi connectivity index (χ2n) is 5.50. The van der Waals surface area contributed by atoms with Crippen LogP contribution in [-0.4, -0.2) is 16.1 Å². The van der Waals surface area contributed by atoms with E-state index in [1.165, 1.54) is 25.7 Å². The highest BCUT2D eigenvalue weighted by Crippen LogP contribution is 2.44. The Morgan fingerprint density at radius 1 is 1.29 bits per heavy atom. The molecule has 3 heteroatoms. The van der Waals surface area contributed by atoms with Crippen LogP contribution in [-0.2, 0) is 6.54 Å². The highest BCUT2D eigenvalue weighted by atomic mass is 16.3. The molecule has 0 saturated heterocycles. The van der Waals surface area contributed by atoms with Gasteiger partial charge in [0.25, 0.3) is 0 Å². The van der Waals surface area contributed by atoms with Crippen molar-refractivity contribution >= 4 is 0 Å². The second-order valence-corrected chi connectivity index (χ2v) is 5.50. The largest absolute Gasteiger partial charge is 0.506 e. The van der Waals surface area contributed by atoms with Crippen LogP contribution < -0.4 is 5.32 Å². The first-order chi connectivity index (χ1) is 8.24. The molecular weight excluding hydrogens is 212 g/mol. The fraction of sp³-hybridized carbons (Fsp3) is 0.643. The molecule has 0 radical (unpaired) electrons. The van der Waals surface area contributed by atoms with Crippen LogP contribution in [0, 0.1) is 18.8 Å². The molecule has 92 valence electrons. The summed E-state index contributed by atoms with van der Waals surface area (Å²) in [6.07, 6.45) is 5.51. The first-order valence-corrected chi connectivity index (χ1v) is 6.63. The SMILES string of the molecule is Cc1ccc(O)c(CNC(C2CC2)C2CC2)n1. The van der Waals surface area contributed by atoms with Gasteiger partial charge in [-0.25, -0.2) is 0 Å². The summed E-state index contributed by atoms with van der Waals surface area (Å²) in [5.74, 6) is 2.08. The lowest BCUT2D eigenvalue weighted by Gasteiger charge is -2.17. The number of pyridine rings is 1. The molecule has 2 aliphatic rings. The van der Waals surface area contributed by atoms with Gasteiger partial charge in [0.1, 0.15) is 5.75 Å². The molecule has 2 aliphatic carbocycles. The van der Waals surface area contributed by atoms with E-state index in [2.05, 4.69) is 10.3 Å². The summed E-state index contributed by atoms with van der Waals surface area (Å²) in [6.45, 7) is 2.66. The van der Waals surface area contributed by atoms with Gasteiger partial charge < -0.3 is 10.4 Å². The molecule has 2 N–H and O–H groups in total. The van der Waals surface area contributed by atoms with E-state index in [1.807, 2.05) is 13.0 Å². The Hall–Kier alpha value is -1.09. The molecule has 0 atom stereocenters. The summed E-state index contributed by atoms with van der Waals surface area (Å²) in [5, 5.41) is 13.4. The Balaban J connectivity index is 1.63. The van der Waals surface area contributed by atoms with E-state index >= 15 is 0 Å². The smallest absolute Gasteiger partial charge is 0.138 e. The quantitative estimate of drug-likeness (QED) is 0.819. The molecule has 2 fully saturated rings. The fourth-order valence-electron chi connectivity index (χ4n) is 2.58. The maximum atomic E-state index is 9.75. The minimum absolute atomic E-state index is 0.313. The zero-order chi connectivity index (χ0) is 11.8. The van der Waals surface area contributed by atoms with Crippen molar-refractivity contribution in [3.63, 3.8) is 0 Å². The molecule has 1 aromatic heterocycles. The van der Waals surface area contributed by atoms with E-state index in [0.717, 1.165) is 23.2 Å². The highest BCUT2D eigenvalue weighted by Gasteiger charge is 2.41. The normalized spacial score (nSPS) is 19.9. The van der Waals surface area contributed by atoms with Crippen LogP contribution in [0.15, 0.2) is 12.1 Å². The monoisotopic (exact) mass is 232 g/mol. The lowest BCUT2D eigenvalue weighted by molar-refractivity contribution is 0.402. The van der Waals surface area contributed by atoms with Crippen molar-refractivity contribution in [2.24, 2.45) is 11.8 Å². The van der Waals surface area contributed by atoms with Gasteiger partial charge in [-0.15, -0.1) is 0 Å². The third-order valence-electron chi connectivity index (χ3n) is 3.85. The van der Waals surface area contributed by atoms with Gasteiger partial charge in [-0.1, -0.05) is 0 Å². The first kappa shape index (κ1) is 11.0. The summed E-state index contributed by atoms with van der Waals surface area (Å²) < 4.78 is 0. The van der Waals surface area contributed by atoms with Gasteiger partial charge in [0, 0.05) is 18.3 Å². The standard InChI is InChI=1S/C14H20N2O/c1-9-2-7-13(17)12(16-9)8-15-14(10-3-4-10)11-5-6-11/h2,7,10-11,14-15,17H,3-6,8H2,1H3. The lowest BCUT2D eigenvalue weighted by Crippen LogP contribution is -2.32. The molecule has 0 aromatic carbocycles. The summed E-state index contributed by atoms with van der Waals surface area (Å²) in [6, 6.07) is 4.25. The number of nitrogens with zero attached hydrogens (tertiary/aromatic N) is 1. The number of nitrogens with one attached hydrogen (secondary N) is 1. The maximum absolute atomic E-state index is 9.75. The third kappa shape index (κ3) is 2.60. The number of hydrogen-bond acceptors (Lipinski definition) is 3. The summed E-state index contributed by atoms with van der Waals surface area (Å²) >= 11 is 0. The number of aryl methyl sites for hydroxylation is 1. The van der Waals surface area contributed by atoms with E-state index in [9.17, 15) is 5.11 Å². The molecule has 0 aliphatic heterocycles. The number of aromatic hydroxyl groups is 1. The molecule has 0 amide bonds. The Morgan fingerprint density at radius 2 is 1.94 bits per heavy atom. The van der Waals surface area contributed by atoms with Gasteiger partial charge in [-0.05, 0) is 56.6 Å². The Morgan fingerprint density at radius 3 is 2.53 bits per heavy atom. The molecule has 1 heterocycles. The first-order valence-electron chi connectivity index (χ1n) is 6.63. The maximum Gasteiger partial charge on any atom is 0.138 e. The lowest BCUT2D eigenvalue weighted by atomic mass is 10.1. The van der Waals surface area contributed by atoms with Crippen LogP contribution in [0.4, 0.5) is 0 Å². The highest BCUT2D eigenvalue weighted by molar-refractivity contribution is 5.27. The topological polar surface area (TPSA) is 45.1 Å². The van der Waals surface area contributed by atoms with Crippen LogP contribution in [0.1, 0.15) is 37.1 Å². The zero-order valence-corrected chi connectivity index (χ0v) is 10.3. The van der Waals surface area contributed by atoms with Crippen LogP contribution in [0.2, 0.25) is 0 Å². The van der Waals surface area contributed by atoms with Crippen LogP contribution in [0.5, 0.6) is 5.75 Å². The van der Waals surface area contributed by atoms with Crippen molar-refractivity contribution in [1.29, 1.82) is 0 Å². The van der Waals surface area contributed by atoms with Crippen LogP contribution in [0.3, 0.4) is 0 Å². The number of rotatable bonds is 5. The fourth-order valence-corrected chi connectivity index (χ4v) is 2.58. The van der Waals surface area contributed by atoms with Crippen LogP contribution in [0.25, 0.3) is 0 Å². The van der Waals surface area contributed by atoms with Crippen molar-refractivity contribution < 1.29 is 5.11 Å². The predicted octanol–water partition coefficient (Wildman–Crippen LogP) is 2.37. The molecule has 2 saturated carbocycles. The molecule has 0 spiro atoms. The number of hydrogen-bond donors (Lipinski definition) is 2. The van der Waals surface area contributed by atoms with Gasteiger partial charge >= 0.3 is 0 Å². The molecular formula is C14H20N2O. The molecule has 3 rings (SSSR count). The van der Waals surface area contributed by atoms with Crippen LogP contribution >= 0.6 is 0 Å². The average Bonchev–Trinajstić information content (AvgIpc) is 3.14. The van der Waals surface area contributed by atoms with E-state index in [4.69, 9.17) is 0 Å². The van der Waals surface area contributed by atoms with E-state index < -0.39 is 0 Å². The molecule has 3 nitrogen and oxygen atoms in total. The summed E-state index contributed by atoms with van der Waals surface area (Å²) in [5.41, 5.74) is 1.75. The molecule has 1 aromatic rings. The van der Waals surface area contributed by atoms with Gasteiger partial charge in [0.15, 0.2) is 0 Å². The Bertz CT molecular complexity index is 399. The van der Waals surface area contributed by atoms with Crippen molar-refractivity contribution in [3.05, 3.63) is 23.5 Å². The second kappa shape index (κ2) is 4.30. The Labute approximate surface area is 102 Å². The minimum atomic E-state index is 0.313. The van der Waals surface area contributed by atoms with Gasteiger partial charge in [-0.2, -0.15) is 0 Å². The average molecular weight is 232 g/mol. The molecule has 0 unspecified atom stereocenters. The molecule has 0 bridgehead atoms. The summed E-state index contributed by atoms with van der Waals surface area (Å²) in [7, 11) is 0. The van der Waals surface area contributed by atoms with E-state index in [-0.39, 0.29) is 0 Å². The van der Waals surface area contributed by atoms with Crippen molar-refractivity contribution in [3.8, 4) is 5.75 Å². The summed E-state index contributed by atoms with van der Waals surface area (Å²) in [4.78, 5) is 4.39. The van der Waals surface area contributed by atoms with Gasteiger partial charge in [0.2, 0.25) is 0 Å². The minimum Gasteiger partial charge on any atom is -0.506 e. The van der Waals surface area contributed by atoms with Gasteiger partial charge in [0.05, 0.1) is 5.69 Å². The van der Waals surface area contributed by atoms with Crippen molar-refractivity contribution in [2.75, 3.05) is 0 Å². The van der Waals surface area contributed by atoms with E-state index in [0.29, 0.717) is 18.3 Å². The van der Waals surface area contributed by atoms with Crippen molar-refractivity contribution in [2.45, 2.75) is 45.2 Å².